The van der Waals surface area contributed by atoms with Crippen LogP contribution in [-0.4, -0.2) is 27.1 Å². The number of benzene rings is 1. The molecule has 0 saturated carbocycles. The van der Waals surface area contributed by atoms with Crippen LogP contribution in [0.5, 0.6) is 17.5 Å². The van der Waals surface area contributed by atoms with Crippen LogP contribution in [0.2, 0.25) is 0 Å². The van der Waals surface area contributed by atoms with E-state index in [0.29, 0.717) is 5.56 Å². The zero-order valence-electron chi connectivity index (χ0n) is 10.5. The van der Waals surface area contributed by atoms with Crippen molar-refractivity contribution >= 4 is 5.69 Å². The molecule has 2 aromatic rings. The Labute approximate surface area is 113 Å². The zero-order valence-corrected chi connectivity index (χ0v) is 10.5. The van der Waals surface area contributed by atoms with E-state index in [1.807, 2.05) is 0 Å². The van der Waals surface area contributed by atoms with Crippen molar-refractivity contribution in [1.29, 1.82) is 0 Å². The summed E-state index contributed by atoms with van der Waals surface area (Å²) in [6.45, 7) is -0.166. The lowest BCUT2D eigenvalue weighted by Gasteiger charge is -2.08. The van der Waals surface area contributed by atoms with E-state index < -0.39 is 4.92 Å². The highest BCUT2D eigenvalue weighted by Gasteiger charge is 2.13. The molecule has 0 radical (unpaired) electrons. The van der Waals surface area contributed by atoms with Crippen molar-refractivity contribution in [2.24, 2.45) is 0 Å². The van der Waals surface area contributed by atoms with Gasteiger partial charge in [0.2, 0.25) is 0 Å². The Hall–Kier alpha value is -2.74. The van der Waals surface area contributed by atoms with Crippen molar-refractivity contribution in [2.75, 3.05) is 7.11 Å². The molecule has 0 fully saturated rings. The van der Waals surface area contributed by atoms with Crippen LogP contribution in [0.15, 0.2) is 30.6 Å². The molecule has 0 saturated heterocycles. The van der Waals surface area contributed by atoms with Crippen molar-refractivity contribution < 1.29 is 19.5 Å². The second-order valence-electron chi connectivity index (χ2n) is 3.73. The number of aromatic nitrogens is 2. The molecule has 1 heterocycles. The van der Waals surface area contributed by atoms with Gasteiger partial charge in [-0.25, -0.2) is 9.97 Å². The van der Waals surface area contributed by atoms with Crippen molar-refractivity contribution in [3.8, 4) is 17.5 Å². The summed E-state index contributed by atoms with van der Waals surface area (Å²) < 4.78 is 10.4. The monoisotopic (exact) mass is 277 g/mol. The summed E-state index contributed by atoms with van der Waals surface area (Å²) in [5.74, 6) is 0.462. The Morgan fingerprint density at radius 3 is 2.55 bits per heavy atom. The Morgan fingerprint density at radius 2 is 2.00 bits per heavy atom. The second-order valence-corrected chi connectivity index (χ2v) is 3.73. The lowest BCUT2D eigenvalue weighted by molar-refractivity contribution is -0.384. The van der Waals surface area contributed by atoms with Crippen molar-refractivity contribution in [1.82, 2.24) is 9.97 Å². The molecule has 0 aliphatic carbocycles. The number of non-ortho nitro benzene ring substituents is 1. The van der Waals surface area contributed by atoms with E-state index in [9.17, 15) is 10.1 Å². The number of nitro benzene ring substituents is 1. The molecular formula is C12H11N3O5. The van der Waals surface area contributed by atoms with Crippen LogP contribution in [0.4, 0.5) is 5.69 Å². The van der Waals surface area contributed by atoms with Crippen LogP contribution in [0, 0.1) is 10.1 Å². The van der Waals surface area contributed by atoms with Crippen LogP contribution in [0.3, 0.4) is 0 Å². The largest absolute Gasteiger partial charge is 0.493 e. The molecule has 8 heteroatoms. The maximum absolute atomic E-state index is 10.7. The van der Waals surface area contributed by atoms with Gasteiger partial charge in [-0.3, -0.25) is 10.1 Å². The maximum atomic E-state index is 10.7. The van der Waals surface area contributed by atoms with Gasteiger partial charge in [0, 0.05) is 24.0 Å². The highest BCUT2D eigenvalue weighted by molar-refractivity contribution is 5.49. The average Bonchev–Trinajstić information content (AvgIpc) is 2.48. The van der Waals surface area contributed by atoms with E-state index in [4.69, 9.17) is 14.6 Å². The minimum absolute atomic E-state index is 0.0503. The van der Waals surface area contributed by atoms with Crippen LogP contribution in [0.1, 0.15) is 5.56 Å². The third-order valence-electron chi connectivity index (χ3n) is 2.42. The first kappa shape index (κ1) is 13.7. The fourth-order valence-electron chi connectivity index (χ4n) is 1.43. The third-order valence-corrected chi connectivity index (χ3v) is 2.42. The summed E-state index contributed by atoms with van der Waals surface area (Å²) in [6.07, 6.45) is 2.83. The fraction of sp³-hybridized carbons (Fsp3) is 0.167. The Balaban J connectivity index is 2.25. The molecule has 0 unspecified atom stereocenters. The van der Waals surface area contributed by atoms with E-state index in [2.05, 4.69) is 9.97 Å². The van der Waals surface area contributed by atoms with Gasteiger partial charge in [-0.2, -0.15) is 0 Å². The van der Waals surface area contributed by atoms with Gasteiger partial charge >= 0.3 is 6.01 Å². The highest BCUT2D eigenvalue weighted by atomic mass is 16.6. The molecule has 0 amide bonds. The first-order valence-electron chi connectivity index (χ1n) is 5.56. The lowest BCUT2D eigenvalue weighted by atomic mass is 10.3. The first-order chi connectivity index (χ1) is 9.63. The Bertz CT molecular complexity index is 615. The quantitative estimate of drug-likeness (QED) is 0.654. The van der Waals surface area contributed by atoms with Gasteiger partial charge in [0.15, 0.2) is 11.5 Å². The molecule has 20 heavy (non-hydrogen) atoms. The summed E-state index contributed by atoms with van der Waals surface area (Å²) in [5, 5.41) is 19.5. The first-order valence-corrected chi connectivity index (χ1v) is 5.56. The van der Waals surface area contributed by atoms with E-state index >= 15 is 0 Å². The van der Waals surface area contributed by atoms with Gasteiger partial charge < -0.3 is 14.6 Å². The number of methoxy groups -OCH3 is 1. The Kier molecular flexibility index (Phi) is 4.06. The summed E-state index contributed by atoms with van der Waals surface area (Å²) in [7, 11) is 1.38. The standard InChI is InChI=1S/C12H11N3O5/c1-19-11-4-9(15(17)18)2-3-10(11)20-12-13-5-8(7-16)6-14-12/h2-6,16H,7H2,1H3. The van der Waals surface area contributed by atoms with Crippen molar-refractivity contribution in [2.45, 2.75) is 6.61 Å². The van der Waals surface area contributed by atoms with Crippen LogP contribution >= 0.6 is 0 Å². The third kappa shape index (κ3) is 2.98. The number of aliphatic hydroxyl groups excluding tert-OH is 1. The van der Waals surface area contributed by atoms with Crippen LogP contribution < -0.4 is 9.47 Å². The minimum atomic E-state index is -0.529. The number of rotatable bonds is 5. The van der Waals surface area contributed by atoms with E-state index in [-0.39, 0.29) is 29.8 Å². The molecule has 0 aliphatic rings. The maximum Gasteiger partial charge on any atom is 0.322 e. The van der Waals surface area contributed by atoms with Crippen molar-refractivity contribution in [3.05, 3.63) is 46.3 Å². The smallest absolute Gasteiger partial charge is 0.322 e. The Morgan fingerprint density at radius 1 is 1.30 bits per heavy atom. The van der Waals surface area contributed by atoms with Crippen LogP contribution in [-0.2, 0) is 6.61 Å². The normalized spacial score (nSPS) is 10.1. The number of hydrogen-bond acceptors (Lipinski definition) is 7. The lowest BCUT2D eigenvalue weighted by Crippen LogP contribution is -1.97. The SMILES string of the molecule is COc1cc([N+](=O)[O-])ccc1Oc1ncc(CO)cn1. The highest BCUT2D eigenvalue weighted by Crippen LogP contribution is 2.33. The number of hydrogen-bond donors (Lipinski definition) is 1. The van der Waals surface area contributed by atoms with Crippen molar-refractivity contribution in [3.63, 3.8) is 0 Å². The number of nitro groups is 1. The van der Waals surface area contributed by atoms with Gasteiger partial charge in [-0.05, 0) is 6.07 Å². The molecule has 1 aromatic carbocycles. The predicted octanol–water partition coefficient (Wildman–Crippen LogP) is 1.68. The molecule has 0 atom stereocenters. The molecule has 0 bridgehead atoms. The molecule has 8 nitrogen and oxygen atoms in total. The van der Waals surface area contributed by atoms with E-state index in [1.165, 1.54) is 37.7 Å². The summed E-state index contributed by atoms with van der Waals surface area (Å²) in [4.78, 5) is 17.9. The number of ether oxygens (including phenoxy) is 2. The van der Waals surface area contributed by atoms with Crippen LogP contribution in [0.25, 0.3) is 0 Å². The fourth-order valence-corrected chi connectivity index (χ4v) is 1.43. The molecule has 1 N–H and O–H groups in total. The number of nitrogens with zero attached hydrogens (tertiary/aromatic N) is 3. The van der Waals surface area contributed by atoms with E-state index in [1.54, 1.807) is 0 Å². The van der Waals surface area contributed by atoms with Gasteiger partial charge in [0.1, 0.15) is 0 Å². The molecule has 0 spiro atoms. The van der Waals surface area contributed by atoms with Gasteiger partial charge in [-0.1, -0.05) is 0 Å². The predicted molar refractivity (Wildman–Crippen MR) is 67.7 cm³/mol. The molecule has 1 aromatic heterocycles. The van der Waals surface area contributed by atoms with Gasteiger partial charge in [0.25, 0.3) is 5.69 Å². The van der Waals surface area contributed by atoms with Gasteiger partial charge in [0.05, 0.1) is 24.7 Å². The summed E-state index contributed by atoms with van der Waals surface area (Å²) in [6, 6.07) is 3.99. The average molecular weight is 277 g/mol. The zero-order chi connectivity index (χ0) is 14.5. The second kappa shape index (κ2) is 5.93. The number of aliphatic hydroxyl groups is 1. The molecule has 2 rings (SSSR count). The minimum Gasteiger partial charge on any atom is -0.493 e. The summed E-state index contributed by atoms with van der Waals surface area (Å²) >= 11 is 0. The molecular weight excluding hydrogens is 266 g/mol. The molecule has 104 valence electrons. The van der Waals surface area contributed by atoms with E-state index in [0.717, 1.165) is 0 Å². The summed E-state index contributed by atoms with van der Waals surface area (Å²) in [5.41, 5.74) is 0.443. The van der Waals surface area contributed by atoms with Gasteiger partial charge in [-0.15, -0.1) is 0 Å². The molecule has 0 aliphatic heterocycles. The topological polar surface area (TPSA) is 108 Å².